The number of anilines is 1. The van der Waals surface area contributed by atoms with Gasteiger partial charge < -0.3 is 15.1 Å². The van der Waals surface area contributed by atoms with Crippen LogP contribution in [0, 0.1) is 6.92 Å². The van der Waals surface area contributed by atoms with Gasteiger partial charge in [-0.15, -0.1) is 0 Å². The molecule has 1 fully saturated rings. The summed E-state index contributed by atoms with van der Waals surface area (Å²) in [4.78, 5) is 28.7. The number of rotatable bonds is 6. The van der Waals surface area contributed by atoms with E-state index in [-0.39, 0.29) is 16.8 Å². The van der Waals surface area contributed by atoms with E-state index in [0.717, 1.165) is 11.1 Å². The van der Waals surface area contributed by atoms with Gasteiger partial charge >= 0.3 is 6.03 Å². The molecule has 1 heterocycles. The van der Waals surface area contributed by atoms with Crippen LogP contribution in [-0.2, 0) is 21.2 Å². The first kappa shape index (κ1) is 24.0. The third kappa shape index (κ3) is 5.99. The van der Waals surface area contributed by atoms with E-state index in [1.54, 1.807) is 34.1 Å². The van der Waals surface area contributed by atoms with Crippen LogP contribution in [0.1, 0.15) is 17.5 Å². The average Bonchev–Trinajstić information content (AvgIpc) is 2.80. The lowest BCUT2D eigenvalue weighted by atomic mass is 10.1. The van der Waals surface area contributed by atoms with Crippen LogP contribution < -0.4 is 10.0 Å². The zero-order valence-corrected chi connectivity index (χ0v) is 19.7. The summed E-state index contributed by atoms with van der Waals surface area (Å²) in [7, 11) is -2.10. The minimum atomic E-state index is -3.47. The molecule has 2 aromatic rings. The number of sulfonamides is 1. The molecule has 8 nitrogen and oxygen atoms in total. The topological polar surface area (TPSA) is 98.8 Å². The lowest BCUT2D eigenvalue weighted by Gasteiger charge is -2.34. The van der Waals surface area contributed by atoms with E-state index in [2.05, 4.69) is 10.0 Å². The van der Waals surface area contributed by atoms with E-state index < -0.39 is 10.0 Å². The van der Waals surface area contributed by atoms with Crippen molar-refractivity contribution in [3.05, 3.63) is 58.6 Å². The van der Waals surface area contributed by atoms with E-state index in [4.69, 9.17) is 11.6 Å². The summed E-state index contributed by atoms with van der Waals surface area (Å²) >= 11 is 6.11. The molecule has 0 atom stereocenters. The van der Waals surface area contributed by atoms with Crippen molar-refractivity contribution in [1.29, 1.82) is 0 Å². The van der Waals surface area contributed by atoms with E-state index in [1.165, 1.54) is 19.2 Å². The Bertz CT molecular complexity index is 1080. The van der Waals surface area contributed by atoms with Crippen molar-refractivity contribution in [2.24, 2.45) is 0 Å². The molecule has 0 radical (unpaired) electrons. The number of carbonyl (C=O) groups excluding carboxylic acids is 2. The molecular weight excluding hydrogens is 452 g/mol. The maximum absolute atomic E-state index is 12.6. The molecular formula is C22H27ClN4O4S. The van der Waals surface area contributed by atoms with Gasteiger partial charge in [-0.3, -0.25) is 4.79 Å². The first-order valence-corrected chi connectivity index (χ1v) is 12.2. The fraction of sp³-hybridized carbons (Fsp3) is 0.364. The number of nitrogens with one attached hydrogen (secondary N) is 2. The molecule has 1 aliphatic rings. The van der Waals surface area contributed by atoms with Gasteiger partial charge in [0.1, 0.15) is 0 Å². The van der Waals surface area contributed by atoms with Crippen molar-refractivity contribution < 1.29 is 18.0 Å². The van der Waals surface area contributed by atoms with Crippen LogP contribution in [0.25, 0.3) is 0 Å². The first-order chi connectivity index (χ1) is 15.2. The van der Waals surface area contributed by atoms with Gasteiger partial charge in [-0.1, -0.05) is 29.8 Å². The van der Waals surface area contributed by atoms with Gasteiger partial charge in [-0.05, 0) is 55.8 Å². The van der Waals surface area contributed by atoms with Crippen LogP contribution in [0.2, 0.25) is 5.02 Å². The molecule has 0 saturated carbocycles. The summed E-state index contributed by atoms with van der Waals surface area (Å²) in [6.45, 7) is 3.75. The van der Waals surface area contributed by atoms with Crippen LogP contribution in [-0.4, -0.2) is 63.4 Å². The minimum absolute atomic E-state index is 0.0160. The van der Waals surface area contributed by atoms with Crippen LogP contribution in [0.15, 0.2) is 47.4 Å². The number of amides is 3. The van der Waals surface area contributed by atoms with Gasteiger partial charge in [0, 0.05) is 43.3 Å². The van der Waals surface area contributed by atoms with Crippen molar-refractivity contribution in [3.63, 3.8) is 0 Å². The highest BCUT2D eigenvalue weighted by Crippen LogP contribution is 2.20. The lowest BCUT2D eigenvalue weighted by Crippen LogP contribution is -2.51. The van der Waals surface area contributed by atoms with E-state index in [9.17, 15) is 18.0 Å². The predicted octanol–water partition coefficient (Wildman–Crippen LogP) is 2.87. The normalized spacial score (nSPS) is 14.3. The molecule has 0 unspecified atom stereocenters. The van der Waals surface area contributed by atoms with Crippen LogP contribution in [0.4, 0.5) is 10.5 Å². The van der Waals surface area contributed by atoms with Gasteiger partial charge in [-0.2, -0.15) is 0 Å². The van der Waals surface area contributed by atoms with Gasteiger partial charge in [-0.25, -0.2) is 17.9 Å². The number of hydrogen-bond donors (Lipinski definition) is 2. The number of carbonyl (C=O) groups is 2. The maximum atomic E-state index is 12.6. The summed E-state index contributed by atoms with van der Waals surface area (Å²) in [5, 5.41) is 3.44. The third-order valence-electron chi connectivity index (χ3n) is 5.47. The van der Waals surface area contributed by atoms with E-state index >= 15 is 0 Å². The number of nitrogens with zero attached hydrogens (tertiary/aromatic N) is 2. The third-order valence-corrected chi connectivity index (χ3v) is 7.31. The highest BCUT2D eigenvalue weighted by atomic mass is 35.5. The van der Waals surface area contributed by atoms with E-state index in [1.807, 2.05) is 13.0 Å². The number of hydrogen-bond acceptors (Lipinski definition) is 4. The summed E-state index contributed by atoms with van der Waals surface area (Å²) in [5.74, 6) is 0.0160. The Hall–Kier alpha value is -2.62. The Morgan fingerprint density at radius 1 is 1.00 bits per heavy atom. The summed E-state index contributed by atoms with van der Waals surface area (Å²) in [6.07, 6.45) is 0.847. The Labute approximate surface area is 193 Å². The number of halogens is 1. The molecule has 0 aliphatic carbocycles. The molecule has 10 heteroatoms. The first-order valence-electron chi connectivity index (χ1n) is 10.3. The van der Waals surface area contributed by atoms with Crippen molar-refractivity contribution in [1.82, 2.24) is 14.5 Å². The second-order valence-corrected chi connectivity index (χ2v) is 9.91. The molecule has 0 spiro atoms. The maximum Gasteiger partial charge on any atom is 0.321 e. The average molecular weight is 479 g/mol. The van der Waals surface area contributed by atoms with Gasteiger partial charge in [0.25, 0.3) is 0 Å². The fourth-order valence-corrected chi connectivity index (χ4v) is 4.31. The Balaban J connectivity index is 1.46. The van der Waals surface area contributed by atoms with Crippen molar-refractivity contribution >= 4 is 39.2 Å². The Kier molecular flexibility index (Phi) is 7.76. The smallest absolute Gasteiger partial charge is 0.321 e. The van der Waals surface area contributed by atoms with Crippen molar-refractivity contribution in [3.8, 4) is 0 Å². The number of benzene rings is 2. The number of urea groups is 1. The molecule has 2 aromatic carbocycles. The van der Waals surface area contributed by atoms with Crippen LogP contribution in [0.5, 0.6) is 0 Å². The molecule has 1 saturated heterocycles. The summed E-state index contributed by atoms with van der Waals surface area (Å²) in [5.41, 5.74) is 2.47. The van der Waals surface area contributed by atoms with Gasteiger partial charge in [0.15, 0.2) is 0 Å². The van der Waals surface area contributed by atoms with Crippen molar-refractivity contribution in [2.45, 2.75) is 24.7 Å². The molecule has 172 valence electrons. The SMILES string of the molecule is CNS(=O)(=O)c1ccc(CCC(=O)N2CCN(C(=O)Nc3ccc(C)c(Cl)c3)CC2)cc1. The second kappa shape index (κ2) is 10.3. The summed E-state index contributed by atoms with van der Waals surface area (Å²) in [6, 6.07) is 11.7. The molecule has 3 amide bonds. The monoisotopic (exact) mass is 478 g/mol. The largest absolute Gasteiger partial charge is 0.339 e. The van der Waals surface area contributed by atoms with Crippen LogP contribution in [0.3, 0.4) is 0 Å². The number of piperazine rings is 1. The van der Waals surface area contributed by atoms with Crippen LogP contribution >= 0.6 is 11.6 Å². The minimum Gasteiger partial charge on any atom is -0.339 e. The van der Waals surface area contributed by atoms with Gasteiger partial charge in [0.2, 0.25) is 15.9 Å². The zero-order chi connectivity index (χ0) is 23.3. The zero-order valence-electron chi connectivity index (χ0n) is 18.1. The molecule has 32 heavy (non-hydrogen) atoms. The molecule has 3 rings (SSSR count). The predicted molar refractivity (Wildman–Crippen MR) is 124 cm³/mol. The molecule has 2 N–H and O–H groups in total. The summed E-state index contributed by atoms with van der Waals surface area (Å²) < 4.78 is 25.8. The molecule has 0 bridgehead atoms. The lowest BCUT2D eigenvalue weighted by molar-refractivity contribution is -0.132. The highest BCUT2D eigenvalue weighted by molar-refractivity contribution is 7.89. The standard InChI is InChI=1S/C22H27ClN4O4S/c1-16-3-7-18(15-20(16)23)25-22(29)27-13-11-26(12-14-27)21(28)10-6-17-4-8-19(9-5-17)32(30,31)24-2/h3-5,7-9,15,24H,6,10-14H2,1-2H3,(H,25,29). The van der Waals surface area contributed by atoms with E-state index in [0.29, 0.717) is 49.7 Å². The Morgan fingerprint density at radius 2 is 1.62 bits per heavy atom. The van der Waals surface area contributed by atoms with Crippen molar-refractivity contribution in [2.75, 3.05) is 38.5 Å². The quantitative estimate of drug-likeness (QED) is 0.666. The number of aryl methyl sites for hydroxylation is 2. The highest BCUT2D eigenvalue weighted by Gasteiger charge is 2.24. The second-order valence-electron chi connectivity index (χ2n) is 7.61. The fourth-order valence-electron chi connectivity index (χ4n) is 3.39. The Morgan fingerprint density at radius 3 is 2.22 bits per heavy atom. The molecule has 0 aromatic heterocycles. The van der Waals surface area contributed by atoms with Gasteiger partial charge in [0.05, 0.1) is 4.90 Å². The molecule has 1 aliphatic heterocycles.